The quantitative estimate of drug-likeness (QED) is 0.188. The van der Waals surface area contributed by atoms with Crippen LogP contribution in [0.1, 0.15) is 65.4 Å². The summed E-state index contributed by atoms with van der Waals surface area (Å²) in [6.45, 7) is 10.7. The van der Waals surface area contributed by atoms with Crippen LogP contribution < -0.4 is 14.8 Å². The van der Waals surface area contributed by atoms with E-state index in [9.17, 15) is 9.59 Å². The van der Waals surface area contributed by atoms with Crippen molar-refractivity contribution in [1.82, 2.24) is 10.2 Å². The maximum atomic E-state index is 12.2. The van der Waals surface area contributed by atoms with Crippen molar-refractivity contribution in [2.45, 2.75) is 66.3 Å². The van der Waals surface area contributed by atoms with Crippen molar-refractivity contribution in [2.24, 2.45) is 5.92 Å². The molecule has 1 amide bonds. The summed E-state index contributed by atoms with van der Waals surface area (Å²) in [7, 11) is 1.54. The molecule has 0 unspecified atom stereocenters. The van der Waals surface area contributed by atoms with Gasteiger partial charge in [-0.25, -0.2) is 0 Å². The van der Waals surface area contributed by atoms with E-state index in [1.54, 1.807) is 12.1 Å². The molecule has 1 aromatic rings. The van der Waals surface area contributed by atoms with Crippen molar-refractivity contribution in [3.63, 3.8) is 0 Å². The number of esters is 1. The number of nitrogens with one attached hydrogen (secondary N) is 1. The minimum atomic E-state index is -0.308. The molecule has 0 bridgehead atoms. The average Bonchev–Trinajstić information content (AvgIpc) is 2.74. The van der Waals surface area contributed by atoms with Crippen LogP contribution in [-0.2, 0) is 16.1 Å². The van der Waals surface area contributed by atoms with Gasteiger partial charge < -0.3 is 14.8 Å². The van der Waals surface area contributed by atoms with E-state index in [-0.39, 0.29) is 18.4 Å². The molecule has 174 valence electrons. The fourth-order valence-corrected chi connectivity index (χ4v) is 3.11. The Hall–Kier alpha value is -2.34. The molecular weight excluding hydrogens is 392 g/mol. The number of rotatable bonds is 15. The Labute approximate surface area is 188 Å². The normalized spacial score (nSPS) is 11.3. The Balaban J connectivity index is 2.48. The third-order valence-corrected chi connectivity index (χ3v) is 4.83. The molecule has 0 heterocycles. The molecule has 0 saturated carbocycles. The maximum absolute atomic E-state index is 12.2. The second-order valence-corrected chi connectivity index (χ2v) is 8.02. The van der Waals surface area contributed by atoms with Gasteiger partial charge in [-0.3, -0.25) is 14.5 Å². The average molecular weight is 433 g/mol. The Morgan fingerprint density at radius 1 is 1.16 bits per heavy atom. The van der Waals surface area contributed by atoms with E-state index in [0.717, 1.165) is 44.3 Å². The molecule has 1 aromatic carbocycles. The lowest BCUT2D eigenvalue weighted by Gasteiger charge is -2.18. The van der Waals surface area contributed by atoms with Crippen LogP contribution in [0, 0.1) is 5.92 Å². The van der Waals surface area contributed by atoms with Gasteiger partial charge in [0.2, 0.25) is 5.91 Å². The van der Waals surface area contributed by atoms with E-state index in [1.165, 1.54) is 7.11 Å². The number of methoxy groups -OCH3 is 1. The smallest absolute Gasteiger partial charge is 0.325 e. The van der Waals surface area contributed by atoms with E-state index in [2.05, 4.69) is 38.2 Å². The van der Waals surface area contributed by atoms with Gasteiger partial charge in [0.15, 0.2) is 11.5 Å². The van der Waals surface area contributed by atoms with Gasteiger partial charge in [-0.05, 0) is 62.4 Å². The molecule has 31 heavy (non-hydrogen) atoms. The van der Waals surface area contributed by atoms with Crippen molar-refractivity contribution < 1.29 is 19.1 Å². The lowest BCUT2D eigenvalue weighted by molar-refractivity contribution is -0.135. The first-order valence-electron chi connectivity index (χ1n) is 11.4. The highest BCUT2D eigenvalue weighted by molar-refractivity contribution is 5.76. The molecular formula is C25H40N2O4. The van der Waals surface area contributed by atoms with Crippen molar-refractivity contribution >= 4 is 11.9 Å². The SMILES string of the molecule is CCCN(CC)CC(=O)Oc1ccc(CNC(=O)CCCC/C=C/C(C)C)cc1OC. The highest BCUT2D eigenvalue weighted by Crippen LogP contribution is 2.28. The van der Waals surface area contributed by atoms with E-state index >= 15 is 0 Å². The number of hydrogen-bond donors (Lipinski definition) is 1. The Bertz CT molecular complexity index is 701. The predicted molar refractivity (Wildman–Crippen MR) is 125 cm³/mol. The highest BCUT2D eigenvalue weighted by atomic mass is 16.6. The molecule has 0 atom stereocenters. The van der Waals surface area contributed by atoms with E-state index in [4.69, 9.17) is 9.47 Å². The van der Waals surface area contributed by atoms with Gasteiger partial charge in [-0.15, -0.1) is 0 Å². The number of nitrogens with zero attached hydrogens (tertiary/aromatic N) is 1. The summed E-state index contributed by atoms with van der Waals surface area (Å²) in [5, 5.41) is 2.94. The van der Waals surface area contributed by atoms with Crippen molar-refractivity contribution in [3.8, 4) is 11.5 Å². The topological polar surface area (TPSA) is 67.9 Å². The van der Waals surface area contributed by atoms with E-state index < -0.39 is 0 Å². The maximum Gasteiger partial charge on any atom is 0.325 e. The highest BCUT2D eigenvalue weighted by Gasteiger charge is 2.14. The number of benzene rings is 1. The lowest BCUT2D eigenvalue weighted by Crippen LogP contribution is -2.32. The largest absolute Gasteiger partial charge is 0.493 e. The van der Waals surface area contributed by atoms with Gasteiger partial charge in [0, 0.05) is 13.0 Å². The number of carbonyl (C=O) groups excluding carboxylic acids is 2. The zero-order chi connectivity index (χ0) is 23.1. The number of carbonyl (C=O) groups is 2. The van der Waals surface area contributed by atoms with Crippen LogP contribution in [0.25, 0.3) is 0 Å². The molecule has 0 spiro atoms. The Morgan fingerprint density at radius 3 is 2.58 bits per heavy atom. The molecule has 0 aromatic heterocycles. The molecule has 0 aliphatic carbocycles. The first kappa shape index (κ1) is 26.7. The van der Waals surface area contributed by atoms with Crippen LogP contribution in [0.5, 0.6) is 11.5 Å². The van der Waals surface area contributed by atoms with Crippen molar-refractivity contribution in [1.29, 1.82) is 0 Å². The molecule has 1 N–H and O–H groups in total. The van der Waals surface area contributed by atoms with Crippen LogP contribution in [-0.4, -0.2) is 43.5 Å². The van der Waals surface area contributed by atoms with Gasteiger partial charge in [0.05, 0.1) is 13.7 Å². The van der Waals surface area contributed by atoms with Crippen LogP contribution in [0.2, 0.25) is 0 Å². The standard InChI is InChI=1S/C25H40N2O4/c1-6-16-27(7-2)19-25(29)31-22-15-14-21(17-23(22)30-5)18-26-24(28)13-11-9-8-10-12-20(3)4/h10,12,14-15,17,20H,6-9,11,13,16,18-19H2,1-5H3,(H,26,28)/b12-10+. The number of allylic oxidation sites excluding steroid dienone is 2. The summed E-state index contributed by atoms with van der Waals surface area (Å²) in [5.74, 6) is 1.18. The molecule has 0 saturated heterocycles. The van der Waals surface area contributed by atoms with Gasteiger partial charge >= 0.3 is 5.97 Å². The first-order chi connectivity index (χ1) is 14.9. The second-order valence-electron chi connectivity index (χ2n) is 8.02. The number of ether oxygens (including phenoxy) is 2. The number of hydrogen-bond acceptors (Lipinski definition) is 5. The molecule has 0 aliphatic rings. The zero-order valence-corrected chi connectivity index (χ0v) is 19.9. The van der Waals surface area contributed by atoms with Gasteiger partial charge in [-0.2, -0.15) is 0 Å². The third-order valence-electron chi connectivity index (χ3n) is 4.83. The van der Waals surface area contributed by atoms with Crippen molar-refractivity contribution in [2.75, 3.05) is 26.7 Å². The zero-order valence-electron chi connectivity index (χ0n) is 19.9. The summed E-state index contributed by atoms with van der Waals surface area (Å²) >= 11 is 0. The molecule has 6 nitrogen and oxygen atoms in total. The van der Waals surface area contributed by atoms with Gasteiger partial charge in [0.1, 0.15) is 0 Å². The molecule has 0 aliphatic heterocycles. The van der Waals surface area contributed by atoms with E-state index in [0.29, 0.717) is 30.4 Å². The summed E-state index contributed by atoms with van der Waals surface area (Å²) in [5.41, 5.74) is 0.894. The summed E-state index contributed by atoms with van der Waals surface area (Å²) < 4.78 is 10.9. The van der Waals surface area contributed by atoms with Gasteiger partial charge in [-0.1, -0.05) is 45.9 Å². The molecule has 6 heteroatoms. The summed E-state index contributed by atoms with van der Waals surface area (Å²) in [4.78, 5) is 26.4. The molecule has 0 fully saturated rings. The van der Waals surface area contributed by atoms with Crippen LogP contribution >= 0.6 is 0 Å². The summed E-state index contributed by atoms with van der Waals surface area (Å²) in [6, 6.07) is 5.35. The monoisotopic (exact) mass is 432 g/mol. The lowest BCUT2D eigenvalue weighted by atomic mass is 10.1. The van der Waals surface area contributed by atoms with Crippen LogP contribution in [0.15, 0.2) is 30.4 Å². The molecule has 0 radical (unpaired) electrons. The number of amides is 1. The van der Waals surface area contributed by atoms with Crippen LogP contribution in [0.3, 0.4) is 0 Å². The van der Waals surface area contributed by atoms with Crippen molar-refractivity contribution in [3.05, 3.63) is 35.9 Å². The third kappa shape index (κ3) is 11.6. The minimum Gasteiger partial charge on any atom is -0.493 e. The molecule has 1 rings (SSSR count). The number of likely N-dealkylation sites (N-methyl/N-ethyl adjacent to an activating group) is 1. The van der Waals surface area contributed by atoms with Gasteiger partial charge in [0.25, 0.3) is 0 Å². The Kier molecular flexibility index (Phi) is 13.3. The fraction of sp³-hybridized carbons (Fsp3) is 0.600. The first-order valence-corrected chi connectivity index (χ1v) is 11.4. The number of unbranched alkanes of at least 4 members (excludes halogenated alkanes) is 2. The van der Waals surface area contributed by atoms with Crippen LogP contribution in [0.4, 0.5) is 0 Å². The Morgan fingerprint density at radius 2 is 1.94 bits per heavy atom. The predicted octanol–water partition coefficient (Wildman–Crippen LogP) is 4.72. The fourth-order valence-electron chi connectivity index (χ4n) is 3.11. The minimum absolute atomic E-state index is 0.0397. The van der Waals surface area contributed by atoms with E-state index in [1.807, 2.05) is 17.9 Å². The summed E-state index contributed by atoms with van der Waals surface area (Å²) in [6.07, 6.45) is 8.79. The second kappa shape index (κ2) is 15.5.